The molecule has 17 heavy (non-hydrogen) atoms. The largest absolute Gasteiger partial charge is 0.363 e. The average Bonchev–Trinajstić information content (AvgIpc) is 2.94. The summed E-state index contributed by atoms with van der Waals surface area (Å²) in [7, 11) is 0. The number of nitrogens with one attached hydrogen (secondary N) is 1. The zero-order chi connectivity index (χ0) is 11.7. The Labute approximate surface area is 102 Å². The topological polar surface area (TPSA) is 55.1 Å². The van der Waals surface area contributed by atoms with Crippen molar-refractivity contribution in [1.82, 2.24) is 19.6 Å². The Morgan fingerprint density at radius 2 is 2.29 bits per heavy atom. The highest BCUT2D eigenvalue weighted by atomic mass is 32.1. The van der Waals surface area contributed by atoms with E-state index in [-0.39, 0.29) is 0 Å². The molecule has 0 radical (unpaired) electrons. The first-order valence-electron chi connectivity index (χ1n) is 5.26. The van der Waals surface area contributed by atoms with Crippen molar-refractivity contribution in [2.45, 2.75) is 13.5 Å². The van der Waals surface area contributed by atoms with Gasteiger partial charge in [0, 0.05) is 23.3 Å². The van der Waals surface area contributed by atoms with E-state index >= 15 is 0 Å². The predicted molar refractivity (Wildman–Crippen MR) is 67.2 cm³/mol. The van der Waals surface area contributed by atoms with Gasteiger partial charge in [-0.25, -0.2) is 14.5 Å². The highest BCUT2D eigenvalue weighted by molar-refractivity contribution is 7.09. The molecule has 0 amide bonds. The van der Waals surface area contributed by atoms with Gasteiger partial charge in [-0.05, 0) is 13.0 Å². The quantitative estimate of drug-likeness (QED) is 0.767. The van der Waals surface area contributed by atoms with Crippen LogP contribution in [0.3, 0.4) is 0 Å². The van der Waals surface area contributed by atoms with Gasteiger partial charge < -0.3 is 5.32 Å². The van der Waals surface area contributed by atoms with Crippen LogP contribution in [0.2, 0.25) is 0 Å². The molecule has 3 heterocycles. The lowest BCUT2D eigenvalue weighted by Crippen LogP contribution is -2.02. The van der Waals surface area contributed by atoms with E-state index < -0.39 is 0 Å². The normalized spacial score (nSPS) is 10.9. The molecule has 6 heteroatoms. The second-order valence-corrected chi connectivity index (χ2v) is 4.63. The zero-order valence-corrected chi connectivity index (χ0v) is 10.1. The molecule has 0 bridgehead atoms. The van der Waals surface area contributed by atoms with E-state index in [1.165, 1.54) is 0 Å². The van der Waals surface area contributed by atoms with E-state index in [1.807, 2.05) is 30.6 Å². The Hall–Kier alpha value is -1.95. The van der Waals surface area contributed by atoms with Crippen LogP contribution in [0.15, 0.2) is 29.9 Å². The summed E-state index contributed by atoms with van der Waals surface area (Å²) < 4.78 is 1.73. The molecule has 1 N–H and O–H groups in total. The fraction of sp³-hybridized carbons (Fsp3) is 0.182. The molecule has 0 atom stereocenters. The van der Waals surface area contributed by atoms with Gasteiger partial charge in [0.25, 0.3) is 0 Å². The molecule has 3 rings (SSSR count). The minimum Gasteiger partial charge on any atom is -0.363 e. The Balaban J connectivity index is 1.76. The zero-order valence-electron chi connectivity index (χ0n) is 9.29. The number of aryl methyl sites for hydroxylation is 1. The standard InChI is InChI=1S/C11H11N5S/c1-8-7-17-11(14-8)6-12-9-3-5-16-10(15-9)2-4-13-16/h2-5,7H,6H2,1H3,(H,12,15). The summed E-state index contributed by atoms with van der Waals surface area (Å²) in [6.45, 7) is 2.70. The van der Waals surface area contributed by atoms with Crippen molar-refractivity contribution in [2.75, 3.05) is 5.32 Å². The number of fused-ring (bicyclic) bond motifs is 1. The summed E-state index contributed by atoms with van der Waals surface area (Å²) in [6.07, 6.45) is 3.62. The molecular weight excluding hydrogens is 234 g/mol. The fourth-order valence-electron chi connectivity index (χ4n) is 1.56. The molecular formula is C11H11N5S. The van der Waals surface area contributed by atoms with E-state index in [9.17, 15) is 0 Å². The van der Waals surface area contributed by atoms with E-state index in [2.05, 4.69) is 20.4 Å². The Bertz CT molecular complexity index is 642. The van der Waals surface area contributed by atoms with Gasteiger partial charge in [0.05, 0.1) is 12.7 Å². The lowest BCUT2D eigenvalue weighted by atomic mass is 10.5. The molecule has 0 aromatic carbocycles. The van der Waals surface area contributed by atoms with Gasteiger partial charge in [-0.1, -0.05) is 0 Å². The fourth-order valence-corrected chi connectivity index (χ4v) is 2.27. The number of hydrogen-bond donors (Lipinski definition) is 1. The van der Waals surface area contributed by atoms with Gasteiger partial charge >= 0.3 is 0 Å². The Kier molecular flexibility index (Phi) is 2.49. The monoisotopic (exact) mass is 245 g/mol. The molecule has 86 valence electrons. The van der Waals surface area contributed by atoms with Crippen LogP contribution >= 0.6 is 11.3 Å². The summed E-state index contributed by atoms with van der Waals surface area (Å²) in [4.78, 5) is 8.81. The molecule has 0 saturated heterocycles. The molecule has 0 aliphatic rings. The van der Waals surface area contributed by atoms with E-state index in [4.69, 9.17) is 0 Å². The Morgan fingerprint density at radius 3 is 3.12 bits per heavy atom. The van der Waals surface area contributed by atoms with Gasteiger partial charge in [0.2, 0.25) is 0 Å². The summed E-state index contributed by atoms with van der Waals surface area (Å²) >= 11 is 1.66. The van der Waals surface area contributed by atoms with Crippen molar-refractivity contribution in [3.63, 3.8) is 0 Å². The molecule has 0 aliphatic heterocycles. The third-order valence-electron chi connectivity index (χ3n) is 2.35. The number of nitrogens with zero attached hydrogens (tertiary/aromatic N) is 4. The van der Waals surface area contributed by atoms with E-state index in [1.54, 1.807) is 22.0 Å². The second kappa shape index (κ2) is 4.14. The first kappa shape index (κ1) is 10.2. The molecule has 3 aromatic heterocycles. The van der Waals surface area contributed by atoms with Crippen molar-refractivity contribution >= 4 is 22.8 Å². The number of thiazole rings is 1. The van der Waals surface area contributed by atoms with Gasteiger partial charge in [-0.2, -0.15) is 5.10 Å². The van der Waals surface area contributed by atoms with Crippen molar-refractivity contribution in [3.05, 3.63) is 40.6 Å². The van der Waals surface area contributed by atoms with Crippen LogP contribution < -0.4 is 5.32 Å². The molecule has 0 saturated carbocycles. The summed E-state index contributed by atoms with van der Waals surface area (Å²) in [6, 6.07) is 3.78. The van der Waals surface area contributed by atoms with E-state index in [0.717, 1.165) is 22.2 Å². The van der Waals surface area contributed by atoms with Crippen molar-refractivity contribution < 1.29 is 0 Å². The number of hydrogen-bond acceptors (Lipinski definition) is 5. The maximum absolute atomic E-state index is 4.42. The molecule has 3 aromatic rings. The summed E-state index contributed by atoms with van der Waals surface area (Å²) in [5.41, 5.74) is 1.90. The maximum atomic E-state index is 4.42. The lowest BCUT2D eigenvalue weighted by Gasteiger charge is -2.03. The predicted octanol–water partition coefficient (Wildman–Crippen LogP) is 2.11. The van der Waals surface area contributed by atoms with Crippen LogP contribution in [0.4, 0.5) is 5.82 Å². The molecule has 5 nitrogen and oxygen atoms in total. The minimum absolute atomic E-state index is 0.704. The number of aromatic nitrogens is 4. The van der Waals surface area contributed by atoms with Crippen LogP contribution in [0.25, 0.3) is 5.65 Å². The average molecular weight is 245 g/mol. The van der Waals surface area contributed by atoms with Gasteiger partial charge in [0.15, 0.2) is 5.65 Å². The summed E-state index contributed by atoms with van der Waals surface area (Å²) in [5.74, 6) is 0.839. The van der Waals surface area contributed by atoms with Gasteiger partial charge in [-0.15, -0.1) is 11.3 Å². The van der Waals surface area contributed by atoms with Crippen LogP contribution in [-0.4, -0.2) is 19.6 Å². The highest BCUT2D eigenvalue weighted by Crippen LogP contribution is 2.11. The maximum Gasteiger partial charge on any atom is 0.157 e. The highest BCUT2D eigenvalue weighted by Gasteiger charge is 2.01. The van der Waals surface area contributed by atoms with Crippen LogP contribution in [0.1, 0.15) is 10.7 Å². The molecule has 0 fully saturated rings. The molecule has 0 aliphatic carbocycles. The van der Waals surface area contributed by atoms with Crippen molar-refractivity contribution in [3.8, 4) is 0 Å². The SMILES string of the molecule is Cc1csc(CNc2ccn3nccc3n2)n1. The molecule has 0 unspecified atom stereocenters. The van der Waals surface area contributed by atoms with Gasteiger partial charge in [-0.3, -0.25) is 0 Å². The second-order valence-electron chi connectivity index (χ2n) is 3.68. The van der Waals surface area contributed by atoms with Gasteiger partial charge in [0.1, 0.15) is 10.8 Å². The van der Waals surface area contributed by atoms with Crippen LogP contribution in [-0.2, 0) is 6.54 Å². The van der Waals surface area contributed by atoms with E-state index in [0.29, 0.717) is 6.54 Å². The minimum atomic E-state index is 0.704. The first-order chi connectivity index (χ1) is 8.31. The first-order valence-corrected chi connectivity index (χ1v) is 6.14. The third-order valence-corrected chi connectivity index (χ3v) is 3.31. The van der Waals surface area contributed by atoms with Crippen molar-refractivity contribution in [1.29, 1.82) is 0 Å². The summed E-state index contributed by atoms with van der Waals surface area (Å²) in [5, 5.41) is 10.5. The smallest absolute Gasteiger partial charge is 0.157 e. The number of rotatable bonds is 3. The van der Waals surface area contributed by atoms with Crippen LogP contribution in [0.5, 0.6) is 0 Å². The Morgan fingerprint density at radius 1 is 1.35 bits per heavy atom. The third kappa shape index (κ3) is 2.12. The lowest BCUT2D eigenvalue weighted by molar-refractivity contribution is 0.935. The van der Waals surface area contributed by atoms with Crippen molar-refractivity contribution in [2.24, 2.45) is 0 Å². The number of anilines is 1. The molecule has 0 spiro atoms. The van der Waals surface area contributed by atoms with Crippen LogP contribution in [0, 0.1) is 6.92 Å².